The second-order valence-corrected chi connectivity index (χ2v) is 8.06. The number of aromatic hydroxyl groups is 2. The number of morpholine rings is 1. The lowest BCUT2D eigenvalue weighted by Gasteiger charge is -2.27. The number of phenols is 2. The minimum absolute atomic E-state index is 0.104. The summed E-state index contributed by atoms with van der Waals surface area (Å²) in [7, 11) is 0. The van der Waals surface area contributed by atoms with E-state index in [9.17, 15) is 19.8 Å². The molecule has 30 heavy (non-hydrogen) atoms. The zero-order chi connectivity index (χ0) is 21.5. The number of ketones is 1. The Morgan fingerprint density at radius 1 is 1.03 bits per heavy atom. The Morgan fingerprint density at radius 2 is 1.77 bits per heavy atom. The minimum Gasteiger partial charge on any atom is -0.507 e. The van der Waals surface area contributed by atoms with Crippen LogP contribution in [0.4, 0.5) is 0 Å². The van der Waals surface area contributed by atoms with E-state index in [2.05, 4.69) is 11.0 Å². The van der Waals surface area contributed by atoms with E-state index in [1.165, 1.54) is 5.57 Å². The molecule has 2 heterocycles. The predicted molar refractivity (Wildman–Crippen MR) is 112 cm³/mol. The molecular weight excluding hydrogens is 410 g/mol. The number of halogens is 1. The zero-order valence-electron chi connectivity index (χ0n) is 17.0. The number of phenolic OH excluding ortho intramolecular Hbond substituents is 2. The molecule has 0 aromatic heterocycles. The van der Waals surface area contributed by atoms with Gasteiger partial charge in [0.25, 0.3) is 0 Å². The van der Waals surface area contributed by atoms with Crippen LogP contribution in [0.5, 0.6) is 11.5 Å². The highest BCUT2D eigenvalue weighted by Gasteiger charge is 2.25. The summed E-state index contributed by atoms with van der Waals surface area (Å²) in [6, 6.07) is 0.996. The van der Waals surface area contributed by atoms with Gasteiger partial charge in [0.05, 0.1) is 24.8 Å². The van der Waals surface area contributed by atoms with Crippen molar-refractivity contribution in [3.05, 3.63) is 33.9 Å². The average Bonchev–Trinajstić information content (AvgIpc) is 2.72. The predicted octanol–water partition coefficient (Wildman–Crippen LogP) is 3.24. The van der Waals surface area contributed by atoms with Crippen molar-refractivity contribution in [1.29, 1.82) is 0 Å². The van der Waals surface area contributed by atoms with E-state index >= 15 is 0 Å². The number of hydrogen-bond donors (Lipinski definition) is 2. The SMILES string of the molecule is O=C1CCCC/C(CN2CCOCC2)=C\CCOC(=O)c2c(O)cc(O)c(Cl)c2C1. The second kappa shape index (κ2) is 10.8. The number of Topliss-reactive ketones (excluding diaryl/α,β-unsaturated/α-hetero) is 1. The second-order valence-electron chi connectivity index (χ2n) is 7.68. The summed E-state index contributed by atoms with van der Waals surface area (Å²) in [6.45, 7) is 4.27. The van der Waals surface area contributed by atoms with Crippen LogP contribution in [0.3, 0.4) is 0 Å². The number of rotatable bonds is 2. The molecule has 3 rings (SSSR count). The first-order valence-corrected chi connectivity index (χ1v) is 10.7. The Labute approximate surface area is 181 Å². The molecule has 2 aliphatic heterocycles. The lowest BCUT2D eigenvalue weighted by molar-refractivity contribution is -0.118. The molecule has 0 bridgehead atoms. The van der Waals surface area contributed by atoms with Gasteiger partial charge in [-0.25, -0.2) is 4.79 Å². The molecule has 0 spiro atoms. The van der Waals surface area contributed by atoms with Crippen molar-refractivity contribution < 1.29 is 29.3 Å². The van der Waals surface area contributed by atoms with Gasteiger partial charge >= 0.3 is 5.97 Å². The van der Waals surface area contributed by atoms with Gasteiger partial charge in [-0.15, -0.1) is 0 Å². The van der Waals surface area contributed by atoms with Gasteiger partial charge in [0.2, 0.25) is 0 Å². The van der Waals surface area contributed by atoms with Crippen LogP contribution in [0, 0.1) is 0 Å². The van der Waals surface area contributed by atoms with Crippen molar-refractivity contribution in [2.45, 2.75) is 38.5 Å². The van der Waals surface area contributed by atoms with Crippen molar-refractivity contribution in [3.8, 4) is 11.5 Å². The summed E-state index contributed by atoms with van der Waals surface area (Å²) in [5.74, 6) is -1.67. The van der Waals surface area contributed by atoms with E-state index in [0.717, 1.165) is 58.2 Å². The van der Waals surface area contributed by atoms with Crippen LogP contribution >= 0.6 is 11.6 Å². The number of carbonyl (C=O) groups excluding carboxylic acids is 2. The number of hydrogen-bond acceptors (Lipinski definition) is 7. The molecule has 0 saturated carbocycles. The summed E-state index contributed by atoms with van der Waals surface area (Å²) in [5, 5.41) is 20.0. The molecule has 1 aromatic rings. The van der Waals surface area contributed by atoms with Gasteiger partial charge in [-0.2, -0.15) is 0 Å². The number of fused-ring (bicyclic) bond motifs is 1. The van der Waals surface area contributed by atoms with E-state index < -0.39 is 11.7 Å². The van der Waals surface area contributed by atoms with E-state index in [1.54, 1.807) is 0 Å². The van der Waals surface area contributed by atoms with Crippen LogP contribution in [0.1, 0.15) is 48.0 Å². The molecule has 0 aliphatic carbocycles. The molecule has 1 saturated heterocycles. The van der Waals surface area contributed by atoms with E-state index in [-0.39, 0.29) is 40.7 Å². The van der Waals surface area contributed by atoms with Crippen molar-refractivity contribution in [2.24, 2.45) is 0 Å². The van der Waals surface area contributed by atoms with Crippen LogP contribution in [0.2, 0.25) is 5.02 Å². The molecule has 164 valence electrons. The van der Waals surface area contributed by atoms with Gasteiger partial charge in [-0.1, -0.05) is 23.3 Å². The number of carbonyl (C=O) groups is 2. The van der Waals surface area contributed by atoms with Crippen molar-refractivity contribution in [1.82, 2.24) is 4.90 Å². The highest BCUT2D eigenvalue weighted by molar-refractivity contribution is 6.33. The smallest absolute Gasteiger partial charge is 0.342 e. The fraction of sp³-hybridized carbons (Fsp3) is 0.545. The van der Waals surface area contributed by atoms with E-state index in [1.807, 2.05) is 0 Å². The molecule has 0 amide bonds. The molecule has 1 fully saturated rings. The largest absolute Gasteiger partial charge is 0.507 e. The molecule has 0 radical (unpaired) electrons. The van der Waals surface area contributed by atoms with Gasteiger partial charge in [0.15, 0.2) is 0 Å². The molecule has 1 aromatic carbocycles. The van der Waals surface area contributed by atoms with Gasteiger partial charge in [-0.05, 0) is 25.7 Å². The molecule has 8 heteroatoms. The standard InChI is InChI=1S/C22H28ClNO6/c23-21-17-12-16(25)6-2-1-4-15(14-24-7-10-29-11-8-24)5-3-9-30-22(28)20(17)18(26)13-19(21)27/h5,13,26-27H,1-4,6-12,14H2/b15-5+. The lowest BCUT2D eigenvalue weighted by Crippen LogP contribution is -2.37. The van der Waals surface area contributed by atoms with Crippen LogP contribution in [0.25, 0.3) is 0 Å². The highest BCUT2D eigenvalue weighted by Crippen LogP contribution is 2.37. The first-order valence-electron chi connectivity index (χ1n) is 10.4. The van der Waals surface area contributed by atoms with Crippen molar-refractivity contribution >= 4 is 23.4 Å². The number of cyclic esters (lactones) is 1. The van der Waals surface area contributed by atoms with Crippen LogP contribution < -0.4 is 0 Å². The quantitative estimate of drug-likeness (QED) is 0.541. The van der Waals surface area contributed by atoms with Crippen LogP contribution in [-0.2, 0) is 20.7 Å². The Balaban J connectivity index is 1.77. The van der Waals surface area contributed by atoms with Crippen LogP contribution in [0.15, 0.2) is 17.7 Å². The monoisotopic (exact) mass is 437 g/mol. The van der Waals surface area contributed by atoms with E-state index in [0.29, 0.717) is 12.8 Å². The molecule has 7 nitrogen and oxygen atoms in total. The fourth-order valence-corrected chi connectivity index (χ4v) is 4.03. The third-order valence-electron chi connectivity index (χ3n) is 5.42. The first-order chi connectivity index (χ1) is 14.5. The van der Waals surface area contributed by atoms with E-state index in [4.69, 9.17) is 21.1 Å². The molecule has 0 atom stereocenters. The maximum absolute atomic E-state index is 12.6. The zero-order valence-corrected chi connectivity index (χ0v) is 17.7. The van der Waals surface area contributed by atoms with Gasteiger partial charge in [0, 0.05) is 44.1 Å². The van der Waals surface area contributed by atoms with Gasteiger partial charge < -0.3 is 19.7 Å². The normalized spacial score (nSPS) is 21.8. The maximum atomic E-state index is 12.6. The number of nitrogens with zero attached hydrogens (tertiary/aromatic N) is 1. The number of benzene rings is 1. The van der Waals surface area contributed by atoms with Crippen molar-refractivity contribution in [3.63, 3.8) is 0 Å². The molecule has 2 aliphatic rings. The lowest BCUT2D eigenvalue weighted by atomic mass is 9.97. The molecule has 2 N–H and O–H groups in total. The fourth-order valence-electron chi connectivity index (χ4n) is 3.82. The Hall–Kier alpha value is -2.09. The Bertz CT molecular complexity index is 816. The highest BCUT2D eigenvalue weighted by atomic mass is 35.5. The summed E-state index contributed by atoms with van der Waals surface area (Å²) >= 11 is 6.13. The summed E-state index contributed by atoms with van der Waals surface area (Å²) in [5.41, 5.74) is 1.24. The minimum atomic E-state index is -0.752. The van der Waals surface area contributed by atoms with Gasteiger partial charge in [0.1, 0.15) is 22.8 Å². The average molecular weight is 438 g/mol. The summed E-state index contributed by atoms with van der Waals surface area (Å²) < 4.78 is 10.7. The Morgan fingerprint density at radius 3 is 2.53 bits per heavy atom. The Kier molecular flexibility index (Phi) is 8.13. The van der Waals surface area contributed by atoms with Crippen molar-refractivity contribution in [2.75, 3.05) is 39.5 Å². The topological polar surface area (TPSA) is 96.3 Å². The van der Waals surface area contributed by atoms with Gasteiger partial charge in [-0.3, -0.25) is 9.69 Å². The summed E-state index contributed by atoms with van der Waals surface area (Å²) in [6.07, 6.45) is 5.35. The maximum Gasteiger partial charge on any atom is 0.342 e. The summed E-state index contributed by atoms with van der Waals surface area (Å²) in [4.78, 5) is 27.4. The third kappa shape index (κ3) is 5.97. The third-order valence-corrected chi connectivity index (χ3v) is 5.84. The number of ether oxygens (including phenoxy) is 2. The molecule has 0 unspecified atom stereocenters. The van der Waals surface area contributed by atoms with Crippen LogP contribution in [-0.4, -0.2) is 66.3 Å². The first kappa shape index (κ1) is 22.6. The number of esters is 1. The molecular formula is C22H28ClNO6.